The number of ether oxygens (including phenoxy) is 2. The lowest BCUT2D eigenvalue weighted by molar-refractivity contribution is -0.120. The highest BCUT2D eigenvalue weighted by atomic mass is 16.5. The smallest absolute Gasteiger partial charge is 0.331 e. The third-order valence-corrected chi connectivity index (χ3v) is 5.09. The first-order chi connectivity index (χ1) is 12.6. The van der Waals surface area contributed by atoms with Gasteiger partial charge in [-0.25, -0.2) is 9.69 Å². The van der Waals surface area contributed by atoms with Crippen LogP contribution in [0.2, 0.25) is 0 Å². The summed E-state index contributed by atoms with van der Waals surface area (Å²) in [4.78, 5) is 29.0. The van der Waals surface area contributed by atoms with Crippen molar-refractivity contribution in [3.05, 3.63) is 53.6 Å². The summed E-state index contributed by atoms with van der Waals surface area (Å²) in [5.41, 5.74) is 2.79. The Morgan fingerprint density at radius 2 is 1.77 bits per heavy atom. The predicted octanol–water partition coefficient (Wildman–Crippen LogP) is 3.16. The van der Waals surface area contributed by atoms with Crippen molar-refractivity contribution >= 4 is 17.6 Å². The third kappa shape index (κ3) is 2.49. The van der Waals surface area contributed by atoms with E-state index in [1.54, 1.807) is 30.2 Å². The minimum atomic E-state index is -0.284. The van der Waals surface area contributed by atoms with Crippen LogP contribution in [0.25, 0.3) is 0 Å². The maximum atomic E-state index is 13.1. The van der Waals surface area contributed by atoms with Gasteiger partial charge in [-0.05, 0) is 29.7 Å². The van der Waals surface area contributed by atoms with Crippen molar-refractivity contribution in [1.29, 1.82) is 0 Å². The Labute approximate surface area is 151 Å². The second kappa shape index (κ2) is 6.37. The first-order valence-corrected chi connectivity index (χ1v) is 8.57. The van der Waals surface area contributed by atoms with Gasteiger partial charge in [-0.1, -0.05) is 24.3 Å². The van der Waals surface area contributed by atoms with E-state index in [0.717, 1.165) is 12.0 Å². The molecule has 4 rings (SSSR count). The van der Waals surface area contributed by atoms with E-state index in [0.29, 0.717) is 23.7 Å². The quantitative estimate of drug-likeness (QED) is 0.851. The minimum absolute atomic E-state index is 0.184. The standard InChI is InChI=1S/C20H20N2O4/c1-25-17-8-7-14(11-18(17)26-2)22-19(23)12-16-15-6-4-3-5-13(15)9-10-21(16)20(22)24/h3-8,11,16H,9-10,12H2,1-2H3. The molecule has 134 valence electrons. The Bertz CT molecular complexity index is 880. The lowest BCUT2D eigenvalue weighted by atomic mass is 9.89. The summed E-state index contributed by atoms with van der Waals surface area (Å²) in [6.45, 7) is 0.609. The maximum Gasteiger partial charge on any atom is 0.331 e. The zero-order valence-electron chi connectivity index (χ0n) is 14.8. The first kappa shape index (κ1) is 16.4. The Kier molecular flexibility index (Phi) is 4.03. The largest absolute Gasteiger partial charge is 0.493 e. The number of carbonyl (C=O) groups is 2. The molecule has 0 radical (unpaired) electrons. The topological polar surface area (TPSA) is 59.1 Å². The number of benzene rings is 2. The van der Waals surface area contributed by atoms with E-state index in [-0.39, 0.29) is 24.4 Å². The number of hydrogen-bond acceptors (Lipinski definition) is 4. The SMILES string of the molecule is COc1ccc(N2C(=O)CC3c4ccccc4CCN3C2=O)cc1OC. The number of hydrogen-bond donors (Lipinski definition) is 0. The van der Waals surface area contributed by atoms with Gasteiger partial charge in [0.2, 0.25) is 5.91 Å². The molecule has 2 aromatic rings. The highest BCUT2D eigenvalue weighted by Gasteiger charge is 2.42. The molecule has 0 N–H and O–H groups in total. The fourth-order valence-electron chi connectivity index (χ4n) is 3.81. The molecule has 1 atom stereocenters. The number of fused-ring (bicyclic) bond motifs is 3. The highest BCUT2D eigenvalue weighted by Crippen LogP contribution is 2.39. The number of anilines is 1. The van der Waals surface area contributed by atoms with Gasteiger partial charge in [-0.3, -0.25) is 4.79 Å². The molecular formula is C20H20N2O4. The van der Waals surface area contributed by atoms with Crippen LogP contribution in [0.4, 0.5) is 10.5 Å². The molecule has 6 heteroatoms. The average molecular weight is 352 g/mol. The van der Waals surface area contributed by atoms with Crippen molar-refractivity contribution in [3.8, 4) is 11.5 Å². The van der Waals surface area contributed by atoms with Crippen LogP contribution in [0.3, 0.4) is 0 Å². The molecule has 0 aromatic heterocycles. The Balaban J connectivity index is 1.69. The fourth-order valence-corrected chi connectivity index (χ4v) is 3.81. The van der Waals surface area contributed by atoms with Gasteiger partial charge in [0, 0.05) is 12.6 Å². The highest BCUT2D eigenvalue weighted by molar-refractivity contribution is 6.16. The van der Waals surface area contributed by atoms with E-state index in [1.165, 1.54) is 17.6 Å². The molecule has 1 fully saturated rings. The van der Waals surface area contributed by atoms with Crippen molar-refractivity contribution in [2.24, 2.45) is 0 Å². The van der Waals surface area contributed by atoms with E-state index in [9.17, 15) is 9.59 Å². The van der Waals surface area contributed by atoms with Gasteiger partial charge in [0.15, 0.2) is 11.5 Å². The van der Waals surface area contributed by atoms with E-state index in [1.807, 2.05) is 18.2 Å². The molecule has 6 nitrogen and oxygen atoms in total. The van der Waals surface area contributed by atoms with Gasteiger partial charge in [0.05, 0.1) is 32.4 Å². The Morgan fingerprint density at radius 1 is 1.00 bits per heavy atom. The summed E-state index contributed by atoms with van der Waals surface area (Å²) in [5.74, 6) is 0.829. The molecular weight excluding hydrogens is 332 g/mol. The van der Waals surface area contributed by atoms with Gasteiger partial charge in [-0.2, -0.15) is 0 Å². The van der Waals surface area contributed by atoms with Crippen molar-refractivity contribution in [2.45, 2.75) is 18.9 Å². The van der Waals surface area contributed by atoms with Crippen molar-refractivity contribution in [3.63, 3.8) is 0 Å². The van der Waals surface area contributed by atoms with Crippen LogP contribution in [0.1, 0.15) is 23.6 Å². The molecule has 2 aliphatic rings. The van der Waals surface area contributed by atoms with Crippen molar-refractivity contribution < 1.29 is 19.1 Å². The fraction of sp³-hybridized carbons (Fsp3) is 0.300. The Morgan fingerprint density at radius 3 is 2.54 bits per heavy atom. The van der Waals surface area contributed by atoms with Gasteiger partial charge < -0.3 is 14.4 Å². The summed E-state index contributed by atoms with van der Waals surface area (Å²) < 4.78 is 10.5. The number of carbonyl (C=O) groups excluding carboxylic acids is 2. The number of rotatable bonds is 3. The molecule has 0 aliphatic carbocycles. The van der Waals surface area contributed by atoms with E-state index in [4.69, 9.17) is 9.47 Å². The zero-order valence-corrected chi connectivity index (χ0v) is 14.8. The van der Waals surface area contributed by atoms with Gasteiger partial charge >= 0.3 is 6.03 Å². The lowest BCUT2D eigenvalue weighted by Gasteiger charge is -2.43. The molecule has 0 saturated carbocycles. The van der Waals surface area contributed by atoms with Crippen LogP contribution in [0.15, 0.2) is 42.5 Å². The molecule has 0 spiro atoms. The lowest BCUT2D eigenvalue weighted by Crippen LogP contribution is -2.55. The van der Waals surface area contributed by atoms with E-state index >= 15 is 0 Å². The van der Waals surface area contributed by atoms with Gasteiger partial charge in [0.1, 0.15) is 0 Å². The number of nitrogens with zero attached hydrogens (tertiary/aromatic N) is 2. The molecule has 1 saturated heterocycles. The first-order valence-electron chi connectivity index (χ1n) is 8.57. The summed E-state index contributed by atoms with van der Waals surface area (Å²) in [6, 6.07) is 12.6. The summed E-state index contributed by atoms with van der Waals surface area (Å²) in [7, 11) is 3.07. The molecule has 1 unspecified atom stereocenters. The molecule has 26 heavy (non-hydrogen) atoms. The molecule has 2 aliphatic heterocycles. The summed E-state index contributed by atoms with van der Waals surface area (Å²) in [6.07, 6.45) is 1.07. The second-order valence-electron chi connectivity index (χ2n) is 6.41. The molecule has 3 amide bonds. The summed E-state index contributed by atoms with van der Waals surface area (Å²) in [5, 5.41) is 0. The van der Waals surface area contributed by atoms with E-state index in [2.05, 4.69) is 6.07 Å². The second-order valence-corrected chi connectivity index (χ2v) is 6.41. The van der Waals surface area contributed by atoms with Gasteiger partial charge in [0.25, 0.3) is 0 Å². The Hall–Kier alpha value is -3.02. The monoisotopic (exact) mass is 352 g/mol. The third-order valence-electron chi connectivity index (χ3n) is 5.09. The number of urea groups is 1. The van der Waals surface area contributed by atoms with E-state index < -0.39 is 0 Å². The number of methoxy groups -OCH3 is 2. The maximum absolute atomic E-state index is 13.1. The predicted molar refractivity (Wildman–Crippen MR) is 96.6 cm³/mol. The van der Waals surface area contributed by atoms with Crippen LogP contribution in [-0.2, 0) is 11.2 Å². The molecule has 2 aromatic carbocycles. The normalized spacial score (nSPS) is 19.1. The van der Waals surface area contributed by atoms with Crippen LogP contribution in [0.5, 0.6) is 11.5 Å². The zero-order chi connectivity index (χ0) is 18.3. The van der Waals surface area contributed by atoms with Crippen molar-refractivity contribution in [1.82, 2.24) is 4.90 Å². The minimum Gasteiger partial charge on any atom is -0.493 e. The summed E-state index contributed by atoms with van der Waals surface area (Å²) >= 11 is 0. The van der Waals surface area contributed by atoms with Crippen LogP contribution >= 0.6 is 0 Å². The number of amides is 3. The van der Waals surface area contributed by atoms with Crippen molar-refractivity contribution in [2.75, 3.05) is 25.7 Å². The van der Waals surface area contributed by atoms with Crippen LogP contribution < -0.4 is 14.4 Å². The average Bonchev–Trinajstić information content (AvgIpc) is 2.67. The number of imide groups is 1. The van der Waals surface area contributed by atoms with Gasteiger partial charge in [-0.15, -0.1) is 0 Å². The van der Waals surface area contributed by atoms with Crippen LogP contribution in [-0.4, -0.2) is 37.6 Å². The van der Waals surface area contributed by atoms with Crippen LogP contribution in [0, 0.1) is 0 Å². The molecule has 2 heterocycles. The molecule has 0 bridgehead atoms.